The van der Waals surface area contributed by atoms with Crippen molar-refractivity contribution in [2.45, 2.75) is 18.9 Å². The molecule has 1 aliphatic carbocycles. The lowest BCUT2D eigenvalue weighted by molar-refractivity contribution is 0.0972. The van der Waals surface area contributed by atoms with Gasteiger partial charge in [0.25, 0.3) is 5.91 Å². The van der Waals surface area contributed by atoms with Crippen molar-refractivity contribution in [1.82, 2.24) is 10.2 Å². The molecule has 0 spiro atoms. The van der Waals surface area contributed by atoms with Crippen molar-refractivity contribution >= 4 is 39.2 Å². The van der Waals surface area contributed by atoms with Gasteiger partial charge in [0, 0.05) is 17.1 Å². The normalized spacial score (nSPS) is 15.7. The van der Waals surface area contributed by atoms with Gasteiger partial charge < -0.3 is 4.90 Å². The summed E-state index contributed by atoms with van der Waals surface area (Å²) in [5.74, 6) is -0.710. The molecule has 0 aromatic heterocycles. The molecule has 1 N–H and O–H groups in total. The lowest BCUT2D eigenvalue weighted by atomic mass is 10.1. The van der Waals surface area contributed by atoms with E-state index in [9.17, 15) is 9.18 Å². The molecular formula is C18H16BrFN2OS. The van der Waals surface area contributed by atoms with Gasteiger partial charge >= 0.3 is 0 Å². The third-order valence-corrected chi connectivity index (χ3v) is 5.15. The summed E-state index contributed by atoms with van der Waals surface area (Å²) in [4.78, 5) is 14.1. The molecule has 0 bridgehead atoms. The topological polar surface area (TPSA) is 32.3 Å². The second kappa shape index (κ2) is 6.99. The van der Waals surface area contributed by atoms with Gasteiger partial charge in [-0.15, -0.1) is 0 Å². The van der Waals surface area contributed by atoms with Crippen molar-refractivity contribution < 1.29 is 9.18 Å². The van der Waals surface area contributed by atoms with Crippen LogP contribution in [-0.4, -0.2) is 23.0 Å². The van der Waals surface area contributed by atoms with Gasteiger partial charge in [-0.2, -0.15) is 0 Å². The molecule has 124 valence electrons. The molecule has 0 saturated carbocycles. The summed E-state index contributed by atoms with van der Waals surface area (Å²) < 4.78 is 14.0. The lowest BCUT2D eigenvalue weighted by Crippen LogP contribution is -2.41. The minimum atomic E-state index is -0.376. The standard InChI is InChI=1S/C18H16BrFN2OS/c1-22(16-9-5-11-2-6-13(19)10-15(11)16)18(24)21-17(23)12-3-7-14(20)8-4-12/h2-4,6-8,10,16H,5,9H2,1H3,(H,21,23,24). The van der Waals surface area contributed by atoms with Crippen molar-refractivity contribution in [2.24, 2.45) is 0 Å². The summed E-state index contributed by atoms with van der Waals surface area (Å²) in [6, 6.07) is 11.8. The molecule has 1 aliphatic rings. The predicted molar refractivity (Wildman–Crippen MR) is 99.4 cm³/mol. The Balaban J connectivity index is 1.71. The van der Waals surface area contributed by atoms with Gasteiger partial charge in [0.05, 0.1) is 6.04 Å². The Labute approximate surface area is 154 Å². The number of hydrogen-bond acceptors (Lipinski definition) is 2. The molecule has 2 aromatic rings. The molecule has 3 rings (SSSR count). The van der Waals surface area contributed by atoms with Crippen molar-refractivity contribution in [3.63, 3.8) is 0 Å². The van der Waals surface area contributed by atoms with E-state index >= 15 is 0 Å². The number of nitrogens with zero attached hydrogens (tertiary/aromatic N) is 1. The Morgan fingerprint density at radius 2 is 2.00 bits per heavy atom. The Bertz CT molecular complexity index is 794. The Kier molecular flexibility index (Phi) is 4.96. The van der Waals surface area contributed by atoms with E-state index in [1.54, 1.807) is 0 Å². The second-order valence-electron chi connectivity index (χ2n) is 5.77. The zero-order valence-corrected chi connectivity index (χ0v) is 15.5. The van der Waals surface area contributed by atoms with Crippen molar-refractivity contribution in [3.05, 3.63) is 69.4 Å². The monoisotopic (exact) mass is 406 g/mol. The minimum Gasteiger partial charge on any atom is -0.345 e. The van der Waals surface area contributed by atoms with E-state index in [2.05, 4.69) is 33.4 Å². The summed E-state index contributed by atoms with van der Waals surface area (Å²) in [6.45, 7) is 0. The van der Waals surface area contributed by atoms with E-state index in [0.717, 1.165) is 17.3 Å². The predicted octanol–water partition coefficient (Wildman–Crippen LogP) is 4.22. The number of nitrogens with one attached hydrogen (secondary N) is 1. The first-order chi connectivity index (χ1) is 11.5. The summed E-state index contributed by atoms with van der Waals surface area (Å²) >= 11 is 8.89. The molecule has 0 heterocycles. The fourth-order valence-electron chi connectivity index (χ4n) is 2.95. The molecule has 0 radical (unpaired) electrons. The highest BCUT2D eigenvalue weighted by molar-refractivity contribution is 9.10. The third kappa shape index (κ3) is 3.49. The van der Waals surface area contributed by atoms with Gasteiger partial charge in [-0.05, 0) is 72.6 Å². The highest BCUT2D eigenvalue weighted by Gasteiger charge is 2.28. The minimum absolute atomic E-state index is 0.138. The molecule has 2 aromatic carbocycles. The van der Waals surface area contributed by atoms with Crippen LogP contribution in [0.25, 0.3) is 0 Å². The first-order valence-corrected chi connectivity index (χ1v) is 8.78. The summed E-state index contributed by atoms with van der Waals surface area (Å²) in [7, 11) is 1.88. The van der Waals surface area contributed by atoms with Crippen LogP contribution >= 0.6 is 28.1 Å². The van der Waals surface area contributed by atoms with Crippen LogP contribution < -0.4 is 5.32 Å². The number of amides is 1. The second-order valence-corrected chi connectivity index (χ2v) is 7.08. The smallest absolute Gasteiger partial charge is 0.257 e. The Morgan fingerprint density at radius 1 is 1.29 bits per heavy atom. The van der Waals surface area contributed by atoms with Crippen LogP contribution in [0.15, 0.2) is 46.9 Å². The van der Waals surface area contributed by atoms with Gasteiger partial charge in [0.2, 0.25) is 0 Å². The maximum absolute atomic E-state index is 12.9. The number of halogens is 2. The van der Waals surface area contributed by atoms with Crippen LogP contribution in [0.1, 0.15) is 33.9 Å². The molecule has 1 unspecified atom stereocenters. The maximum Gasteiger partial charge on any atom is 0.257 e. The summed E-state index contributed by atoms with van der Waals surface area (Å²) in [5, 5.41) is 3.09. The van der Waals surface area contributed by atoms with Crippen LogP contribution in [0.3, 0.4) is 0 Å². The molecule has 1 amide bonds. The van der Waals surface area contributed by atoms with Crippen molar-refractivity contribution in [2.75, 3.05) is 7.05 Å². The van der Waals surface area contributed by atoms with E-state index in [0.29, 0.717) is 10.7 Å². The first kappa shape index (κ1) is 17.0. The van der Waals surface area contributed by atoms with Crippen molar-refractivity contribution in [3.8, 4) is 0 Å². The summed E-state index contributed by atoms with van der Waals surface area (Å²) in [6.07, 6.45) is 1.95. The van der Waals surface area contributed by atoms with Gasteiger partial charge in [-0.3, -0.25) is 10.1 Å². The molecule has 24 heavy (non-hydrogen) atoms. The van der Waals surface area contributed by atoms with Gasteiger partial charge in [0.15, 0.2) is 5.11 Å². The fourth-order valence-corrected chi connectivity index (χ4v) is 3.55. The SMILES string of the molecule is CN(C(=S)NC(=O)c1ccc(F)cc1)C1CCc2ccc(Br)cc21. The molecular weight excluding hydrogens is 391 g/mol. The molecule has 0 saturated heterocycles. The van der Waals surface area contributed by atoms with Crippen molar-refractivity contribution in [1.29, 1.82) is 0 Å². The van der Waals surface area contributed by atoms with Crippen LogP contribution in [0.5, 0.6) is 0 Å². The highest BCUT2D eigenvalue weighted by Crippen LogP contribution is 2.36. The van der Waals surface area contributed by atoms with E-state index in [4.69, 9.17) is 12.2 Å². The number of fused-ring (bicyclic) bond motifs is 1. The number of rotatable bonds is 2. The number of hydrogen-bond donors (Lipinski definition) is 1. The van der Waals surface area contributed by atoms with E-state index in [1.165, 1.54) is 35.4 Å². The van der Waals surface area contributed by atoms with Crippen LogP contribution in [0.4, 0.5) is 4.39 Å². The molecule has 0 aliphatic heterocycles. The molecule has 3 nitrogen and oxygen atoms in total. The average Bonchev–Trinajstić information content (AvgIpc) is 2.97. The van der Waals surface area contributed by atoms with Crippen LogP contribution in [0.2, 0.25) is 0 Å². The van der Waals surface area contributed by atoms with Gasteiger partial charge in [-0.1, -0.05) is 22.0 Å². The van der Waals surface area contributed by atoms with E-state index in [-0.39, 0.29) is 17.8 Å². The maximum atomic E-state index is 12.9. The average molecular weight is 407 g/mol. The number of aryl methyl sites for hydroxylation is 1. The third-order valence-electron chi connectivity index (χ3n) is 4.27. The van der Waals surface area contributed by atoms with Crippen LogP contribution in [0, 0.1) is 5.82 Å². The molecule has 1 atom stereocenters. The zero-order chi connectivity index (χ0) is 17.3. The lowest BCUT2D eigenvalue weighted by Gasteiger charge is -2.28. The largest absolute Gasteiger partial charge is 0.345 e. The van der Waals surface area contributed by atoms with Crippen LogP contribution in [-0.2, 0) is 6.42 Å². The Morgan fingerprint density at radius 3 is 2.71 bits per heavy atom. The molecule has 6 heteroatoms. The zero-order valence-electron chi connectivity index (χ0n) is 13.1. The number of carbonyl (C=O) groups is 1. The van der Waals surface area contributed by atoms with E-state index in [1.807, 2.05) is 18.0 Å². The van der Waals surface area contributed by atoms with E-state index < -0.39 is 0 Å². The highest BCUT2D eigenvalue weighted by atomic mass is 79.9. The first-order valence-electron chi connectivity index (χ1n) is 7.58. The summed E-state index contributed by atoms with van der Waals surface area (Å²) in [5.41, 5.74) is 2.91. The molecule has 0 fully saturated rings. The fraction of sp³-hybridized carbons (Fsp3) is 0.222. The number of benzene rings is 2. The quantitative estimate of drug-likeness (QED) is 0.757. The number of thiocarbonyl (C=S) groups is 1. The Hall–Kier alpha value is -1.79. The van der Waals surface area contributed by atoms with Gasteiger partial charge in [-0.25, -0.2) is 4.39 Å². The van der Waals surface area contributed by atoms with Gasteiger partial charge in [0.1, 0.15) is 5.82 Å². The number of carbonyl (C=O) groups excluding carboxylic acids is 1.